The minimum atomic E-state index is -0.781. The first kappa shape index (κ1) is 13.1. The zero-order valence-electron chi connectivity index (χ0n) is 10.8. The van der Waals surface area contributed by atoms with E-state index in [4.69, 9.17) is 9.63 Å². The van der Waals surface area contributed by atoms with Gasteiger partial charge >= 0.3 is 5.97 Å². The van der Waals surface area contributed by atoms with E-state index >= 15 is 0 Å². The molecule has 2 atom stereocenters. The highest BCUT2D eigenvalue weighted by atomic mass is 16.5. The van der Waals surface area contributed by atoms with E-state index in [-0.39, 0.29) is 6.42 Å². The third-order valence-corrected chi connectivity index (χ3v) is 3.75. The van der Waals surface area contributed by atoms with E-state index < -0.39 is 5.97 Å². The zero-order valence-corrected chi connectivity index (χ0v) is 10.8. The number of carbonyl (C=O) groups is 1. The highest BCUT2D eigenvalue weighted by molar-refractivity contribution is 5.66. The Labute approximate surface area is 107 Å². The van der Waals surface area contributed by atoms with Crippen LogP contribution in [0.25, 0.3) is 0 Å². The molecule has 0 radical (unpaired) electrons. The molecule has 1 aromatic rings. The Morgan fingerprint density at radius 3 is 3.00 bits per heavy atom. The van der Waals surface area contributed by atoms with Crippen molar-refractivity contribution in [3.63, 3.8) is 0 Å². The van der Waals surface area contributed by atoms with Crippen LogP contribution in [0, 0.1) is 5.92 Å². The average Bonchev–Trinajstić information content (AvgIpc) is 2.95. The number of hydrogen-bond donors (Lipinski definition) is 1. The van der Waals surface area contributed by atoms with Crippen molar-refractivity contribution in [1.82, 2.24) is 10.1 Å². The Hall–Kier alpha value is -1.39. The summed E-state index contributed by atoms with van der Waals surface area (Å²) in [6.45, 7) is 2.22. The highest BCUT2D eigenvalue weighted by Crippen LogP contribution is 2.38. The minimum absolute atomic E-state index is 0.152. The predicted octanol–water partition coefficient (Wildman–Crippen LogP) is 2.77. The van der Waals surface area contributed by atoms with Crippen molar-refractivity contribution in [2.45, 2.75) is 57.8 Å². The predicted molar refractivity (Wildman–Crippen MR) is 65.2 cm³/mol. The lowest BCUT2D eigenvalue weighted by atomic mass is 10.0. The Morgan fingerprint density at radius 1 is 1.50 bits per heavy atom. The van der Waals surface area contributed by atoms with Crippen LogP contribution >= 0.6 is 0 Å². The molecule has 1 saturated carbocycles. The van der Waals surface area contributed by atoms with Crippen LogP contribution in [-0.4, -0.2) is 21.2 Å². The number of aromatic nitrogens is 2. The number of rotatable bonds is 6. The largest absolute Gasteiger partial charge is 0.481 e. The molecule has 0 aromatic carbocycles. The third-order valence-electron chi connectivity index (χ3n) is 3.75. The van der Waals surface area contributed by atoms with E-state index in [1.807, 2.05) is 0 Å². The molecule has 18 heavy (non-hydrogen) atoms. The lowest BCUT2D eigenvalue weighted by Crippen LogP contribution is -1.98. The fraction of sp³-hybridized carbons (Fsp3) is 0.769. The number of hydrogen-bond acceptors (Lipinski definition) is 4. The van der Waals surface area contributed by atoms with Gasteiger partial charge in [-0.3, -0.25) is 4.79 Å². The molecular weight excluding hydrogens is 232 g/mol. The van der Waals surface area contributed by atoms with Crippen LogP contribution in [0.5, 0.6) is 0 Å². The molecule has 100 valence electrons. The summed E-state index contributed by atoms with van der Waals surface area (Å²) in [6.07, 6.45) is 6.04. The summed E-state index contributed by atoms with van der Waals surface area (Å²) in [4.78, 5) is 14.8. The van der Waals surface area contributed by atoms with Crippen molar-refractivity contribution < 1.29 is 14.4 Å². The van der Waals surface area contributed by atoms with Gasteiger partial charge in [0.25, 0.3) is 0 Å². The first-order chi connectivity index (χ1) is 8.69. The summed E-state index contributed by atoms with van der Waals surface area (Å²) in [5, 5.41) is 12.6. The second-order valence-electron chi connectivity index (χ2n) is 5.08. The van der Waals surface area contributed by atoms with Gasteiger partial charge in [0.05, 0.1) is 0 Å². The molecule has 1 heterocycles. The molecule has 1 aliphatic rings. The lowest BCUT2D eigenvalue weighted by Gasteiger charge is -2.04. The molecule has 2 unspecified atom stereocenters. The first-order valence-electron chi connectivity index (χ1n) is 6.73. The molecule has 0 spiro atoms. The second-order valence-corrected chi connectivity index (χ2v) is 5.08. The first-order valence-corrected chi connectivity index (χ1v) is 6.73. The van der Waals surface area contributed by atoms with Gasteiger partial charge in [-0.05, 0) is 31.6 Å². The highest BCUT2D eigenvalue weighted by Gasteiger charge is 2.28. The maximum Gasteiger partial charge on any atom is 0.303 e. The normalized spacial score (nSPS) is 23.4. The summed E-state index contributed by atoms with van der Waals surface area (Å²) in [5.74, 6) is 1.84. The molecule has 0 bridgehead atoms. The molecule has 5 heteroatoms. The molecule has 1 aromatic heterocycles. The summed E-state index contributed by atoms with van der Waals surface area (Å²) in [6, 6.07) is 0. The van der Waals surface area contributed by atoms with E-state index in [1.54, 1.807) is 0 Å². The van der Waals surface area contributed by atoms with Gasteiger partial charge in [0.1, 0.15) is 0 Å². The Kier molecular flexibility index (Phi) is 4.33. The van der Waals surface area contributed by atoms with Crippen molar-refractivity contribution in [3.8, 4) is 0 Å². The van der Waals surface area contributed by atoms with Gasteiger partial charge in [0.15, 0.2) is 5.82 Å². The number of nitrogens with zero attached hydrogens (tertiary/aromatic N) is 2. The van der Waals surface area contributed by atoms with Gasteiger partial charge in [0, 0.05) is 18.8 Å². The molecule has 1 fully saturated rings. The maximum absolute atomic E-state index is 10.4. The second kappa shape index (κ2) is 5.98. The zero-order chi connectivity index (χ0) is 13.0. The van der Waals surface area contributed by atoms with E-state index in [0.717, 1.165) is 24.6 Å². The average molecular weight is 252 g/mol. The molecule has 2 rings (SSSR count). The van der Waals surface area contributed by atoms with Crippen LogP contribution in [0.2, 0.25) is 0 Å². The fourth-order valence-corrected chi connectivity index (χ4v) is 2.61. The molecule has 0 aliphatic heterocycles. The van der Waals surface area contributed by atoms with Crippen molar-refractivity contribution in [3.05, 3.63) is 11.7 Å². The molecule has 0 amide bonds. The van der Waals surface area contributed by atoms with Crippen molar-refractivity contribution in [1.29, 1.82) is 0 Å². The molecule has 1 aliphatic carbocycles. The van der Waals surface area contributed by atoms with Crippen LogP contribution < -0.4 is 0 Å². The number of aryl methyl sites for hydroxylation is 1. The number of carboxylic acids is 1. The number of aliphatic carboxylic acids is 1. The van der Waals surface area contributed by atoms with Gasteiger partial charge in [-0.2, -0.15) is 4.98 Å². The van der Waals surface area contributed by atoms with Gasteiger partial charge in [-0.25, -0.2) is 0 Å². The topological polar surface area (TPSA) is 76.2 Å². The Bertz CT molecular complexity index is 403. The van der Waals surface area contributed by atoms with Gasteiger partial charge in [-0.15, -0.1) is 0 Å². The lowest BCUT2D eigenvalue weighted by molar-refractivity contribution is -0.137. The van der Waals surface area contributed by atoms with E-state index in [0.29, 0.717) is 24.7 Å². The van der Waals surface area contributed by atoms with E-state index in [1.165, 1.54) is 12.8 Å². The van der Waals surface area contributed by atoms with Gasteiger partial charge in [0.2, 0.25) is 5.89 Å². The SMILES string of the molecule is CCC1CCC(c2noc(CCCC(=O)O)n2)C1. The fourth-order valence-electron chi connectivity index (χ4n) is 2.61. The van der Waals surface area contributed by atoms with Gasteiger partial charge in [-0.1, -0.05) is 18.5 Å². The number of carboxylic acid groups (broad SMARTS) is 1. The summed E-state index contributed by atoms with van der Waals surface area (Å²) >= 11 is 0. The van der Waals surface area contributed by atoms with Gasteiger partial charge < -0.3 is 9.63 Å². The smallest absolute Gasteiger partial charge is 0.303 e. The maximum atomic E-state index is 10.4. The Morgan fingerprint density at radius 2 is 2.33 bits per heavy atom. The van der Waals surface area contributed by atoms with Crippen molar-refractivity contribution >= 4 is 5.97 Å². The van der Waals surface area contributed by atoms with Crippen LogP contribution in [0.15, 0.2) is 4.52 Å². The quantitative estimate of drug-likeness (QED) is 0.842. The van der Waals surface area contributed by atoms with Crippen molar-refractivity contribution in [2.24, 2.45) is 5.92 Å². The van der Waals surface area contributed by atoms with Crippen LogP contribution in [-0.2, 0) is 11.2 Å². The minimum Gasteiger partial charge on any atom is -0.481 e. The van der Waals surface area contributed by atoms with Crippen LogP contribution in [0.4, 0.5) is 0 Å². The van der Waals surface area contributed by atoms with Crippen LogP contribution in [0.1, 0.15) is 63.1 Å². The third kappa shape index (κ3) is 3.31. The summed E-state index contributed by atoms with van der Waals surface area (Å²) < 4.78 is 5.17. The molecule has 0 saturated heterocycles. The standard InChI is InChI=1S/C13H20N2O3/c1-2-9-6-7-10(8-9)13-14-11(18-15-13)4-3-5-12(16)17/h9-10H,2-8H2,1H3,(H,16,17). The van der Waals surface area contributed by atoms with E-state index in [9.17, 15) is 4.79 Å². The summed E-state index contributed by atoms with van der Waals surface area (Å²) in [7, 11) is 0. The van der Waals surface area contributed by atoms with Crippen LogP contribution in [0.3, 0.4) is 0 Å². The van der Waals surface area contributed by atoms with E-state index in [2.05, 4.69) is 17.1 Å². The Balaban J connectivity index is 1.84. The monoisotopic (exact) mass is 252 g/mol. The summed E-state index contributed by atoms with van der Waals surface area (Å²) in [5.41, 5.74) is 0. The molecule has 5 nitrogen and oxygen atoms in total. The van der Waals surface area contributed by atoms with Crippen molar-refractivity contribution in [2.75, 3.05) is 0 Å². The molecular formula is C13H20N2O3. The molecule has 1 N–H and O–H groups in total.